The molecule has 0 bridgehead atoms. The third kappa shape index (κ3) is 3.49. The van der Waals surface area contributed by atoms with Crippen LogP contribution in [0.1, 0.15) is 19.6 Å². The van der Waals surface area contributed by atoms with Gasteiger partial charge < -0.3 is 25.4 Å². The van der Waals surface area contributed by atoms with Crippen LogP contribution in [0.5, 0.6) is 0 Å². The zero-order valence-electron chi connectivity index (χ0n) is 11.1. The lowest BCUT2D eigenvalue weighted by atomic mass is 10.1. The molecule has 0 aromatic carbocycles. The van der Waals surface area contributed by atoms with E-state index in [-0.39, 0.29) is 5.82 Å². The van der Waals surface area contributed by atoms with Gasteiger partial charge in [-0.25, -0.2) is 9.36 Å². The average molecular weight is 321 g/mol. The van der Waals surface area contributed by atoms with Crippen molar-refractivity contribution in [2.75, 3.05) is 5.73 Å². The van der Waals surface area contributed by atoms with E-state index in [0.29, 0.717) is 6.42 Å². The Hall–Kier alpha value is -1.29. The van der Waals surface area contributed by atoms with Crippen molar-refractivity contribution in [2.24, 2.45) is 0 Å². The molecular weight excluding hydrogens is 305 g/mol. The van der Waals surface area contributed by atoms with Gasteiger partial charge in [-0.05, 0) is 12.5 Å². The minimum atomic E-state index is -4.80. The summed E-state index contributed by atoms with van der Waals surface area (Å²) in [5.74, 6) is 0.0128. The summed E-state index contributed by atoms with van der Waals surface area (Å²) in [6.45, 7) is 1.69. The molecule has 0 spiro atoms. The number of rotatable bonds is 4. The first kappa shape index (κ1) is 16.1. The second-order valence-electron chi connectivity index (χ2n) is 4.57. The Morgan fingerprint density at radius 3 is 2.76 bits per heavy atom. The monoisotopic (exact) mass is 321 g/mol. The number of anilines is 1. The van der Waals surface area contributed by atoms with Crippen LogP contribution >= 0.6 is 7.82 Å². The Bertz CT molecular complexity index is 615. The molecular formula is C10H16N3O7P. The van der Waals surface area contributed by atoms with Crippen LogP contribution in [0.25, 0.3) is 0 Å². The van der Waals surface area contributed by atoms with Crippen LogP contribution in [0.15, 0.2) is 17.1 Å². The summed E-state index contributed by atoms with van der Waals surface area (Å²) in [4.78, 5) is 33.0. The molecule has 0 saturated carbocycles. The zero-order valence-corrected chi connectivity index (χ0v) is 12.0. The van der Waals surface area contributed by atoms with Crippen LogP contribution in [0, 0.1) is 0 Å². The first-order chi connectivity index (χ1) is 9.73. The highest BCUT2D eigenvalue weighted by atomic mass is 31.2. The lowest BCUT2D eigenvalue weighted by Gasteiger charge is -2.20. The van der Waals surface area contributed by atoms with Crippen LogP contribution in [0.3, 0.4) is 0 Å². The molecule has 2 heterocycles. The highest BCUT2D eigenvalue weighted by molar-refractivity contribution is 7.46. The lowest BCUT2D eigenvalue weighted by Crippen LogP contribution is -2.36. The minimum absolute atomic E-state index is 0.0128. The number of ether oxygens (including phenoxy) is 1. The Balaban J connectivity index is 2.31. The molecule has 0 radical (unpaired) electrons. The molecule has 21 heavy (non-hydrogen) atoms. The molecule has 2 rings (SSSR count). The predicted octanol–water partition coefficient (Wildman–Crippen LogP) is -1.03. The van der Waals surface area contributed by atoms with E-state index in [2.05, 4.69) is 9.51 Å². The number of nitrogen functional groups attached to an aromatic ring is 1. The van der Waals surface area contributed by atoms with Gasteiger partial charge in [0.2, 0.25) is 0 Å². The number of nitrogens with zero attached hydrogens (tertiary/aromatic N) is 2. The number of phosphoric ester groups is 1. The van der Waals surface area contributed by atoms with Crippen LogP contribution in [-0.4, -0.2) is 42.8 Å². The Morgan fingerprint density at radius 2 is 2.24 bits per heavy atom. The van der Waals surface area contributed by atoms with E-state index in [1.165, 1.54) is 12.3 Å². The molecule has 1 aliphatic rings. The molecule has 118 valence electrons. The van der Waals surface area contributed by atoms with Crippen molar-refractivity contribution < 1.29 is 28.7 Å². The van der Waals surface area contributed by atoms with Crippen molar-refractivity contribution >= 4 is 13.6 Å². The van der Waals surface area contributed by atoms with Crippen molar-refractivity contribution in [2.45, 2.75) is 37.9 Å². The highest BCUT2D eigenvalue weighted by Crippen LogP contribution is 2.44. The summed E-state index contributed by atoms with van der Waals surface area (Å²) in [5, 5.41) is 10.1. The minimum Gasteiger partial charge on any atom is -0.386 e. The van der Waals surface area contributed by atoms with Gasteiger partial charge >= 0.3 is 13.5 Å². The third-order valence-electron chi connectivity index (χ3n) is 3.10. The Kier molecular flexibility index (Phi) is 4.47. The van der Waals surface area contributed by atoms with Gasteiger partial charge in [-0.1, -0.05) is 6.92 Å². The van der Waals surface area contributed by atoms with E-state index in [9.17, 15) is 14.5 Å². The lowest BCUT2D eigenvalue weighted by molar-refractivity contribution is -0.0403. The molecule has 1 aliphatic heterocycles. The number of nitrogens with two attached hydrogens (primary N) is 1. The molecule has 1 aromatic rings. The second-order valence-corrected chi connectivity index (χ2v) is 5.76. The maximum absolute atomic E-state index is 11.7. The Labute approximate surface area is 119 Å². The van der Waals surface area contributed by atoms with Crippen molar-refractivity contribution in [1.29, 1.82) is 0 Å². The summed E-state index contributed by atoms with van der Waals surface area (Å²) in [6, 6.07) is 1.34. The smallest absolute Gasteiger partial charge is 0.386 e. The summed E-state index contributed by atoms with van der Waals surface area (Å²) < 4.78 is 22.0. The van der Waals surface area contributed by atoms with Crippen molar-refractivity contribution in [3.05, 3.63) is 22.7 Å². The highest BCUT2D eigenvalue weighted by Gasteiger charge is 2.47. The third-order valence-corrected chi connectivity index (χ3v) is 3.61. The van der Waals surface area contributed by atoms with Crippen LogP contribution < -0.4 is 11.4 Å². The van der Waals surface area contributed by atoms with E-state index < -0.39 is 38.1 Å². The Morgan fingerprint density at radius 1 is 1.57 bits per heavy atom. The fraction of sp³-hybridized carbons (Fsp3) is 0.600. The number of hydrogen-bond donors (Lipinski definition) is 4. The number of aliphatic hydroxyl groups excluding tert-OH is 1. The molecule has 0 amide bonds. The standard InChI is InChI=1S/C10H16N3O7P/c1-2-5-8(20-21(16,17)18)7(14)9(19-5)13-4-3-6(11)12-10(13)15/h3-5,7-9,14H,2H2,1H3,(H2,11,12,15)(H2,16,17,18)/t5-,7?,8+,9-/m1/s1. The number of hydrogen-bond acceptors (Lipinski definition) is 7. The largest absolute Gasteiger partial charge is 0.470 e. The number of aliphatic hydroxyl groups is 1. The molecule has 1 aromatic heterocycles. The number of aromatic nitrogens is 2. The van der Waals surface area contributed by atoms with Gasteiger partial charge in [0.1, 0.15) is 18.0 Å². The second kappa shape index (κ2) is 5.84. The summed E-state index contributed by atoms with van der Waals surface area (Å²) in [5.41, 5.74) is 4.62. The van der Waals surface area contributed by atoms with Gasteiger partial charge in [-0.2, -0.15) is 4.98 Å². The van der Waals surface area contributed by atoms with E-state index in [1.54, 1.807) is 6.92 Å². The van der Waals surface area contributed by atoms with Crippen molar-refractivity contribution in [1.82, 2.24) is 9.55 Å². The fourth-order valence-electron chi connectivity index (χ4n) is 2.19. The van der Waals surface area contributed by atoms with E-state index in [1.807, 2.05) is 0 Å². The predicted molar refractivity (Wildman–Crippen MR) is 70.0 cm³/mol. The van der Waals surface area contributed by atoms with Crippen molar-refractivity contribution in [3.8, 4) is 0 Å². The molecule has 11 heteroatoms. The molecule has 5 N–H and O–H groups in total. The van der Waals surface area contributed by atoms with Crippen LogP contribution in [0.2, 0.25) is 0 Å². The molecule has 0 aliphatic carbocycles. The normalized spacial score (nSPS) is 29.7. The van der Waals surface area contributed by atoms with E-state index >= 15 is 0 Å². The average Bonchev–Trinajstić information content (AvgIpc) is 2.65. The van der Waals surface area contributed by atoms with Crippen LogP contribution in [0.4, 0.5) is 5.82 Å². The fourth-order valence-corrected chi connectivity index (χ4v) is 2.76. The van der Waals surface area contributed by atoms with Gasteiger partial charge in [0.15, 0.2) is 6.23 Å². The van der Waals surface area contributed by atoms with Crippen molar-refractivity contribution in [3.63, 3.8) is 0 Å². The zero-order chi connectivity index (χ0) is 15.8. The van der Waals surface area contributed by atoms with E-state index in [4.69, 9.17) is 20.3 Å². The first-order valence-corrected chi connectivity index (χ1v) is 7.68. The maximum Gasteiger partial charge on any atom is 0.470 e. The van der Waals surface area contributed by atoms with Gasteiger partial charge in [0.25, 0.3) is 0 Å². The number of phosphoric acid groups is 1. The van der Waals surface area contributed by atoms with Crippen LogP contribution in [-0.2, 0) is 13.8 Å². The molecule has 1 saturated heterocycles. The van der Waals surface area contributed by atoms with E-state index in [0.717, 1.165) is 4.57 Å². The molecule has 4 atom stereocenters. The molecule has 10 nitrogen and oxygen atoms in total. The quantitative estimate of drug-likeness (QED) is 0.509. The van der Waals surface area contributed by atoms with Gasteiger partial charge in [0.05, 0.1) is 6.10 Å². The van der Waals surface area contributed by atoms with Gasteiger partial charge in [-0.15, -0.1) is 0 Å². The van der Waals surface area contributed by atoms with Gasteiger partial charge in [0, 0.05) is 6.20 Å². The first-order valence-electron chi connectivity index (χ1n) is 6.15. The van der Waals surface area contributed by atoms with Gasteiger partial charge in [-0.3, -0.25) is 9.09 Å². The summed E-state index contributed by atoms with van der Waals surface area (Å²) >= 11 is 0. The summed E-state index contributed by atoms with van der Waals surface area (Å²) in [7, 11) is -4.80. The molecule has 1 unspecified atom stereocenters. The SMILES string of the molecule is CC[C@H]1O[C@@H](n2ccc(N)nc2=O)C(O)[C@H]1OP(=O)(O)O. The molecule has 1 fully saturated rings. The maximum atomic E-state index is 11.7. The topological polar surface area (TPSA) is 157 Å². The summed E-state index contributed by atoms with van der Waals surface area (Å²) in [6.07, 6.45) is -3.02.